The van der Waals surface area contributed by atoms with E-state index in [4.69, 9.17) is 5.11 Å². The maximum atomic E-state index is 11.2. The maximum Gasteiger partial charge on any atom is 0.246 e. The van der Waals surface area contributed by atoms with Gasteiger partial charge in [0.1, 0.15) is 11.3 Å². The Hall–Kier alpha value is -1.78. The number of nitrogens with zero attached hydrogens (tertiary/aromatic N) is 3. The summed E-state index contributed by atoms with van der Waals surface area (Å²) >= 11 is 0. The normalized spacial score (nSPS) is 14.5. The van der Waals surface area contributed by atoms with Crippen molar-refractivity contribution in [1.29, 1.82) is 0 Å². The molecule has 1 heterocycles. The van der Waals surface area contributed by atoms with Gasteiger partial charge in [0.25, 0.3) is 0 Å². The van der Waals surface area contributed by atoms with Crippen LogP contribution in [0.3, 0.4) is 0 Å². The molecule has 12 heavy (non-hydrogen) atoms. The van der Waals surface area contributed by atoms with Crippen molar-refractivity contribution in [3.63, 3.8) is 0 Å². The zero-order chi connectivity index (χ0) is 8.55. The molecule has 0 fully saturated rings. The first-order valence-electron chi connectivity index (χ1n) is 3.41. The first kappa shape index (κ1) is 6.90. The predicted octanol–water partition coefficient (Wildman–Crippen LogP) is 0.177. The average Bonchev–Trinajstić information content (AvgIpc) is 2.04. The van der Waals surface area contributed by atoms with E-state index in [9.17, 15) is 4.79 Å². The van der Waals surface area contributed by atoms with E-state index in [1.165, 1.54) is 0 Å². The molecule has 0 aliphatic heterocycles. The molecule has 1 aromatic rings. The van der Waals surface area contributed by atoms with E-state index >= 15 is 0 Å². The Balaban J connectivity index is 2.70. The summed E-state index contributed by atoms with van der Waals surface area (Å²) in [5.74, 6) is -0.512. The van der Waals surface area contributed by atoms with Gasteiger partial charge in [0, 0.05) is 6.42 Å². The Kier molecular flexibility index (Phi) is 1.36. The van der Waals surface area contributed by atoms with Gasteiger partial charge in [0.2, 0.25) is 5.88 Å². The molecule has 5 nitrogen and oxygen atoms in total. The third-order valence-electron chi connectivity index (χ3n) is 1.63. The Labute approximate surface area is 67.7 Å². The number of carbonyl (C=O) groups is 1. The summed E-state index contributed by atoms with van der Waals surface area (Å²) in [6, 6.07) is 0. The molecule has 1 aliphatic rings. The summed E-state index contributed by atoms with van der Waals surface area (Å²) in [5.41, 5.74) is 0.561. The number of hydrogen-bond acceptors (Lipinski definition) is 5. The van der Waals surface area contributed by atoms with E-state index in [-0.39, 0.29) is 23.6 Å². The van der Waals surface area contributed by atoms with E-state index in [1.54, 1.807) is 12.2 Å². The van der Waals surface area contributed by atoms with Crippen molar-refractivity contribution in [2.24, 2.45) is 0 Å². The summed E-state index contributed by atoms with van der Waals surface area (Å²) in [5, 5.41) is 19.3. The van der Waals surface area contributed by atoms with Crippen LogP contribution in [0.15, 0.2) is 6.08 Å². The van der Waals surface area contributed by atoms with E-state index < -0.39 is 0 Å². The lowest BCUT2D eigenvalue weighted by Gasteiger charge is -2.06. The molecular weight excluding hydrogens is 158 g/mol. The molecular formula is C7H5N3O2. The second-order valence-corrected chi connectivity index (χ2v) is 2.40. The van der Waals surface area contributed by atoms with Crippen LogP contribution in [0.5, 0.6) is 5.88 Å². The first-order chi connectivity index (χ1) is 5.79. The minimum atomic E-state index is -0.339. The van der Waals surface area contributed by atoms with Gasteiger partial charge in [-0.25, -0.2) is 0 Å². The molecule has 0 radical (unpaired) electrons. The summed E-state index contributed by atoms with van der Waals surface area (Å²) in [7, 11) is 0. The van der Waals surface area contributed by atoms with Gasteiger partial charge in [-0.15, -0.1) is 5.10 Å². The average molecular weight is 163 g/mol. The van der Waals surface area contributed by atoms with E-state index in [1.807, 2.05) is 0 Å². The van der Waals surface area contributed by atoms with Crippen molar-refractivity contribution < 1.29 is 9.90 Å². The van der Waals surface area contributed by atoms with Crippen LogP contribution in [-0.4, -0.2) is 26.3 Å². The fraction of sp³-hybridized carbons (Fsp3) is 0.143. The molecule has 0 atom stereocenters. The Bertz CT molecular complexity index is 373. The number of Topliss-reactive ketones (excluding diaryl/α,β-unsaturated/α-hetero) is 1. The highest BCUT2D eigenvalue weighted by atomic mass is 16.3. The molecule has 0 saturated heterocycles. The second-order valence-electron chi connectivity index (χ2n) is 2.40. The van der Waals surface area contributed by atoms with Gasteiger partial charge in [-0.05, 0) is 11.3 Å². The molecule has 2 rings (SSSR count). The monoisotopic (exact) mass is 163 g/mol. The highest BCUT2D eigenvalue weighted by Crippen LogP contribution is 2.22. The standard InChI is InChI=1S/C7H5N3O2/c11-5-3-1-2-4-6(5)7(12)9-10-8-4/h1-2H,3H2,(H,8,9,12). The van der Waals surface area contributed by atoms with Crippen LogP contribution in [0, 0.1) is 0 Å². The summed E-state index contributed by atoms with van der Waals surface area (Å²) in [4.78, 5) is 11.2. The summed E-state index contributed by atoms with van der Waals surface area (Å²) in [6.45, 7) is 0. The minimum absolute atomic E-state index is 0.174. The molecule has 0 spiro atoms. The molecule has 0 bridgehead atoms. The number of allylic oxidation sites excluding steroid dienone is 1. The Morgan fingerprint density at radius 2 is 2.25 bits per heavy atom. The predicted molar refractivity (Wildman–Crippen MR) is 39.5 cm³/mol. The van der Waals surface area contributed by atoms with Crippen LogP contribution in [0.2, 0.25) is 0 Å². The van der Waals surface area contributed by atoms with Crippen molar-refractivity contribution in [1.82, 2.24) is 15.4 Å². The van der Waals surface area contributed by atoms with Crippen LogP contribution < -0.4 is 0 Å². The molecule has 0 saturated carbocycles. The van der Waals surface area contributed by atoms with Crippen molar-refractivity contribution in [3.8, 4) is 5.88 Å². The number of hydrogen-bond donors (Lipinski definition) is 1. The van der Waals surface area contributed by atoms with Crippen molar-refractivity contribution >= 4 is 11.9 Å². The van der Waals surface area contributed by atoms with Crippen molar-refractivity contribution in [2.75, 3.05) is 0 Å². The maximum absolute atomic E-state index is 11.2. The Morgan fingerprint density at radius 1 is 1.42 bits per heavy atom. The zero-order valence-electron chi connectivity index (χ0n) is 6.06. The lowest BCUT2D eigenvalue weighted by Crippen LogP contribution is -2.08. The SMILES string of the molecule is O=C1CC=Cc2nnnc(O)c21. The Morgan fingerprint density at radius 3 is 3.00 bits per heavy atom. The summed E-state index contributed by atoms with van der Waals surface area (Å²) in [6.07, 6.45) is 3.61. The zero-order valence-corrected chi connectivity index (χ0v) is 6.06. The second kappa shape index (κ2) is 2.37. The largest absolute Gasteiger partial charge is 0.492 e. The van der Waals surface area contributed by atoms with Crippen LogP contribution in [0.1, 0.15) is 22.5 Å². The molecule has 5 heteroatoms. The van der Waals surface area contributed by atoms with Crippen molar-refractivity contribution in [2.45, 2.75) is 6.42 Å². The quantitative estimate of drug-likeness (QED) is 0.590. The molecule has 1 N–H and O–H groups in total. The molecule has 0 aromatic carbocycles. The van der Waals surface area contributed by atoms with Crippen LogP contribution in [0.4, 0.5) is 0 Å². The number of fused-ring (bicyclic) bond motifs is 1. The molecule has 60 valence electrons. The third-order valence-corrected chi connectivity index (χ3v) is 1.63. The smallest absolute Gasteiger partial charge is 0.246 e. The molecule has 0 unspecified atom stereocenters. The van der Waals surface area contributed by atoms with E-state index in [0.29, 0.717) is 5.69 Å². The van der Waals surface area contributed by atoms with E-state index in [0.717, 1.165) is 0 Å². The highest BCUT2D eigenvalue weighted by Gasteiger charge is 2.19. The lowest BCUT2D eigenvalue weighted by atomic mass is 10.0. The fourth-order valence-corrected chi connectivity index (χ4v) is 1.09. The number of aromatic hydroxyl groups is 1. The fourth-order valence-electron chi connectivity index (χ4n) is 1.09. The van der Waals surface area contributed by atoms with Gasteiger partial charge in [-0.3, -0.25) is 4.79 Å². The first-order valence-corrected chi connectivity index (χ1v) is 3.41. The molecule has 0 amide bonds. The van der Waals surface area contributed by atoms with Gasteiger partial charge >= 0.3 is 0 Å². The van der Waals surface area contributed by atoms with Crippen LogP contribution in [-0.2, 0) is 0 Å². The summed E-state index contributed by atoms with van der Waals surface area (Å²) < 4.78 is 0. The minimum Gasteiger partial charge on any atom is -0.492 e. The molecule has 1 aliphatic carbocycles. The van der Waals surface area contributed by atoms with Gasteiger partial charge in [0.05, 0.1) is 0 Å². The van der Waals surface area contributed by atoms with Gasteiger partial charge < -0.3 is 5.11 Å². The highest BCUT2D eigenvalue weighted by molar-refractivity contribution is 6.03. The third kappa shape index (κ3) is 0.868. The van der Waals surface area contributed by atoms with Gasteiger partial charge in [-0.2, -0.15) is 0 Å². The number of aromatic nitrogens is 3. The number of rotatable bonds is 0. The van der Waals surface area contributed by atoms with Crippen LogP contribution in [0.25, 0.3) is 6.08 Å². The van der Waals surface area contributed by atoms with Gasteiger partial charge in [-0.1, -0.05) is 11.2 Å². The van der Waals surface area contributed by atoms with E-state index in [2.05, 4.69) is 15.4 Å². The van der Waals surface area contributed by atoms with Crippen molar-refractivity contribution in [3.05, 3.63) is 17.3 Å². The lowest BCUT2D eigenvalue weighted by molar-refractivity contribution is 0.0990. The topological polar surface area (TPSA) is 76.0 Å². The number of ketones is 1. The number of carbonyl (C=O) groups excluding carboxylic acids is 1. The van der Waals surface area contributed by atoms with Gasteiger partial charge in [0.15, 0.2) is 5.78 Å². The van der Waals surface area contributed by atoms with Crippen LogP contribution >= 0.6 is 0 Å². The molecule has 1 aromatic heterocycles.